The molecular formula is C25H23N3O3S. The van der Waals surface area contributed by atoms with Gasteiger partial charge in [0.25, 0.3) is 5.91 Å². The standard InChI is InChI=1S/C25H23N3O3S/c1-17-8-6-9-18(2)23(17)26-22(29)16-31-25(30)20-15-28(14-19-10-4-3-5-11-19)27-24(20)21-12-7-13-32-21/h3-13,15H,14,16H2,1-2H3,(H,26,29). The molecule has 0 saturated carbocycles. The summed E-state index contributed by atoms with van der Waals surface area (Å²) >= 11 is 1.49. The van der Waals surface area contributed by atoms with Crippen molar-refractivity contribution < 1.29 is 14.3 Å². The number of nitrogens with zero attached hydrogens (tertiary/aromatic N) is 2. The molecule has 7 heteroatoms. The first kappa shape index (κ1) is 21.5. The molecule has 4 rings (SSSR count). The molecular weight excluding hydrogens is 422 g/mol. The second-order valence-corrected chi connectivity index (χ2v) is 8.39. The Morgan fingerprint density at radius 3 is 2.44 bits per heavy atom. The molecule has 1 amide bonds. The Morgan fingerprint density at radius 1 is 1.00 bits per heavy atom. The summed E-state index contributed by atoms with van der Waals surface area (Å²) in [6.45, 7) is 3.99. The molecule has 0 radical (unpaired) electrons. The van der Waals surface area contributed by atoms with E-state index in [9.17, 15) is 9.59 Å². The number of aromatic nitrogens is 2. The van der Waals surface area contributed by atoms with E-state index in [1.807, 2.05) is 79.9 Å². The maximum Gasteiger partial charge on any atom is 0.342 e. The molecule has 1 N–H and O–H groups in total. The Kier molecular flexibility index (Phi) is 6.47. The molecule has 162 valence electrons. The van der Waals surface area contributed by atoms with Gasteiger partial charge in [0.05, 0.1) is 11.4 Å². The van der Waals surface area contributed by atoms with E-state index in [4.69, 9.17) is 4.74 Å². The first-order chi connectivity index (χ1) is 15.5. The number of benzene rings is 2. The average molecular weight is 446 g/mol. The van der Waals surface area contributed by atoms with E-state index >= 15 is 0 Å². The molecule has 2 heterocycles. The summed E-state index contributed by atoms with van der Waals surface area (Å²) in [5.74, 6) is -0.963. The number of thiophene rings is 1. The predicted octanol–water partition coefficient (Wildman–Crippen LogP) is 5.07. The minimum absolute atomic E-state index is 0.336. The van der Waals surface area contributed by atoms with Crippen LogP contribution in [0.25, 0.3) is 10.6 Å². The monoisotopic (exact) mass is 445 g/mol. The van der Waals surface area contributed by atoms with E-state index in [1.54, 1.807) is 10.9 Å². The fourth-order valence-corrected chi connectivity index (χ4v) is 4.14. The third-order valence-electron chi connectivity index (χ3n) is 5.00. The van der Waals surface area contributed by atoms with Crippen LogP contribution in [0.15, 0.2) is 72.2 Å². The van der Waals surface area contributed by atoms with Gasteiger partial charge in [-0.05, 0) is 42.0 Å². The number of aryl methyl sites for hydroxylation is 2. The van der Waals surface area contributed by atoms with Crippen molar-refractivity contribution in [2.75, 3.05) is 11.9 Å². The van der Waals surface area contributed by atoms with Gasteiger partial charge in [-0.2, -0.15) is 5.10 Å². The molecule has 0 atom stereocenters. The lowest BCUT2D eigenvalue weighted by molar-refractivity contribution is -0.119. The van der Waals surface area contributed by atoms with Gasteiger partial charge < -0.3 is 10.1 Å². The van der Waals surface area contributed by atoms with Crippen LogP contribution in [0.5, 0.6) is 0 Å². The Balaban J connectivity index is 1.49. The minimum Gasteiger partial charge on any atom is -0.452 e. The van der Waals surface area contributed by atoms with Crippen LogP contribution in [0, 0.1) is 13.8 Å². The Morgan fingerprint density at radius 2 is 1.75 bits per heavy atom. The summed E-state index contributed by atoms with van der Waals surface area (Å²) in [6.07, 6.45) is 1.67. The zero-order valence-electron chi connectivity index (χ0n) is 17.9. The van der Waals surface area contributed by atoms with Crippen LogP contribution in [0.3, 0.4) is 0 Å². The first-order valence-corrected chi connectivity index (χ1v) is 11.1. The van der Waals surface area contributed by atoms with Crippen LogP contribution in [0.4, 0.5) is 5.69 Å². The maximum absolute atomic E-state index is 12.9. The number of rotatable bonds is 7. The van der Waals surface area contributed by atoms with Crippen LogP contribution in [-0.4, -0.2) is 28.3 Å². The lowest BCUT2D eigenvalue weighted by Gasteiger charge is -2.11. The number of hydrogen-bond acceptors (Lipinski definition) is 5. The number of hydrogen-bond donors (Lipinski definition) is 1. The normalized spacial score (nSPS) is 10.7. The number of nitrogens with one attached hydrogen (secondary N) is 1. The molecule has 0 unspecified atom stereocenters. The second kappa shape index (κ2) is 9.62. The third-order valence-corrected chi connectivity index (χ3v) is 5.88. The summed E-state index contributed by atoms with van der Waals surface area (Å²) < 4.78 is 7.06. The Labute approximate surface area is 190 Å². The van der Waals surface area contributed by atoms with Gasteiger partial charge in [-0.15, -0.1) is 11.3 Å². The molecule has 0 fully saturated rings. The van der Waals surface area contributed by atoms with Crippen molar-refractivity contribution >= 4 is 28.9 Å². The number of ether oxygens (including phenoxy) is 1. The fraction of sp³-hybridized carbons (Fsp3) is 0.160. The number of carbonyl (C=O) groups excluding carboxylic acids is 2. The molecule has 0 saturated heterocycles. The highest BCUT2D eigenvalue weighted by atomic mass is 32.1. The molecule has 0 aliphatic carbocycles. The van der Waals surface area contributed by atoms with Crippen LogP contribution < -0.4 is 5.32 Å². The van der Waals surface area contributed by atoms with Gasteiger partial charge in [-0.25, -0.2) is 4.79 Å². The van der Waals surface area contributed by atoms with Gasteiger partial charge in [-0.3, -0.25) is 9.48 Å². The van der Waals surface area contributed by atoms with Crippen molar-refractivity contribution in [3.63, 3.8) is 0 Å². The van der Waals surface area contributed by atoms with E-state index in [1.165, 1.54) is 11.3 Å². The van der Waals surface area contributed by atoms with E-state index in [2.05, 4.69) is 10.4 Å². The maximum atomic E-state index is 12.9. The quantitative estimate of drug-likeness (QED) is 0.403. The lowest BCUT2D eigenvalue weighted by Crippen LogP contribution is -2.22. The molecule has 2 aromatic heterocycles. The van der Waals surface area contributed by atoms with Crippen molar-refractivity contribution in [3.05, 3.63) is 94.5 Å². The summed E-state index contributed by atoms with van der Waals surface area (Å²) in [6, 6.07) is 19.5. The number of carbonyl (C=O) groups is 2. The molecule has 0 aliphatic heterocycles. The van der Waals surface area contributed by atoms with Crippen LogP contribution in [-0.2, 0) is 16.1 Å². The lowest BCUT2D eigenvalue weighted by atomic mass is 10.1. The zero-order valence-corrected chi connectivity index (χ0v) is 18.7. The van der Waals surface area contributed by atoms with E-state index < -0.39 is 5.97 Å². The SMILES string of the molecule is Cc1cccc(C)c1NC(=O)COC(=O)c1cn(Cc2ccccc2)nc1-c1cccs1. The van der Waals surface area contributed by atoms with E-state index in [0.29, 0.717) is 17.8 Å². The highest BCUT2D eigenvalue weighted by Gasteiger charge is 2.21. The second-order valence-electron chi connectivity index (χ2n) is 7.44. The van der Waals surface area contributed by atoms with Gasteiger partial charge in [0.2, 0.25) is 0 Å². The van der Waals surface area contributed by atoms with Crippen LogP contribution in [0.2, 0.25) is 0 Å². The van der Waals surface area contributed by atoms with Crippen molar-refractivity contribution in [2.24, 2.45) is 0 Å². The summed E-state index contributed by atoms with van der Waals surface area (Å²) in [7, 11) is 0. The molecule has 32 heavy (non-hydrogen) atoms. The van der Waals surface area contributed by atoms with Gasteiger partial charge in [-0.1, -0.05) is 54.6 Å². The van der Waals surface area contributed by atoms with Gasteiger partial charge in [0.15, 0.2) is 6.61 Å². The molecule has 0 aliphatic rings. The largest absolute Gasteiger partial charge is 0.452 e. The number of anilines is 1. The number of amides is 1. The third kappa shape index (κ3) is 4.95. The Hall–Kier alpha value is -3.71. The summed E-state index contributed by atoms with van der Waals surface area (Å²) in [4.78, 5) is 26.1. The fourth-order valence-electron chi connectivity index (χ4n) is 3.41. The molecule has 6 nitrogen and oxygen atoms in total. The highest BCUT2D eigenvalue weighted by molar-refractivity contribution is 7.13. The van der Waals surface area contributed by atoms with Crippen molar-refractivity contribution in [1.82, 2.24) is 9.78 Å². The predicted molar refractivity (Wildman–Crippen MR) is 126 cm³/mol. The van der Waals surface area contributed by atoms with Crippen LogP contribution in [0.1, 0.15) is 27.0 Å². The molecule has 0 spiro atoms. The Bertz CT molecular complexity index is 1210. The average Bonchev–Trinajstić information content (AvgIpc) is 3.45. The number of esters is 1. The van der Waals surface area contributed by atoms with Crippen molar-refractivity contribution in [3.8, 4) is 10.6 Å². The van der Waals surface area contributed by atoms with Crippen molar-refractivity contribution in [1.29, 1.82) is 0 Å². The molecule has 0 bridgehead atoms. The molecule has 2 aromatic carbocycles. The number of para-hydroxylation sites is 1. The highest BCUT2D eigenvalue weighted by Crippen LogP contribution is 2.27. The smallest absolute Gasteiger partial charge is 0.342 e. The summed E-state index contributed by atoms with van der Waals surface area (Å²) in [5, 5.41) is 9.37. The van der Waals surface area contributed by atoms with Crippen molar-refractivity contribution in [2.45, 2.75) is 20.4 Å². The minimum atomic E-state index is -0.579. The molecule has 4 aromatic rings. The summed E-state index contributed by atoms with van der Waals surface area (Å²) in [5.41, 5.74) is 4.60. The van der Waals surface area contributed by atoms with E-state index in [0.717, 1.165) is 27.3 Å². The van der Waals surface area contributed by atoms with Crippen LogP contribution >= 0.6 is 11.3 Å². The van der Waals surface area contributed by atoms with Gasteiger partial charge >= 0.3 is 5.97 Å². The topological polar surface area (TPSA) is 73.2 Å². The van der Waals surface area contributed by atoms with Gasteiger partial charge in [0.1, 0.15) is 11.3 Å². The van der Waals surface area contributed by atoms with Gasteiger partial charge in [0, 0.05) is 11.9 Å². The first-order valence-electron chi connectivity index (χ1n) is 10.2. The van der Waals surface area contributed by atoms with E-state index in [-0.39, 0.29) is 12.5 Å². The zero-order chi connectivity index (χ0) is 22.5.